The largest absolute Gasteiger partial charge is 0.368 e. The van der Waals surface area contributed by atoms with Crippen molar-refractivity contribution in [1.29, 1.82) is 0 Å². The SMILES string of the molecule is CC(=C\c1ccc(Cl)c(Cl)c1)/C(C)=N/NC(N)=Nc1ccc(C)cc1.Cl. The summed E-state index contributed by atoms with van der Waals surface area (Å²) in [6, 6.07) is 13.2. The van der Waals surface area contributed by atoms with Gasteiger partial charge in [-0.3, -0.25) is 0 Å². The van der Waals surface area contributed by atoms with E-state index in [-0.39, 0.29) is 18.4 Å². The van der Waals surface area contributed by atoms with Gasteiger partial charge in [-0.25, -0.2) is 10.4 Å². The Morgan fingerprint density at radius 2 is 1.69 bits per heavy atom. The summed E-state index contributed by atoms with van der Waals surface area (Å²) >= 11 is 12.0. The molecule has 0 unspecified atom stereocenters. The lowest BCUT2D eigenvalue weighted by molar-refractivity contribution is 1.00. The first kappa shape index (κ1) is 22.0. The Kier molecular flexibility index (Phi) is 8.66. The normalized spacial score (nSPS) is 12.6. The van der Waals surface area contributed by atoms with Crippen LogP contribution in [-0.4, -0.2) is 11.7 Å². The minimum atomic E-state index is 0. The molecule has 2 rings (SSSR count). The second-order valence-corrected chi connectivity index (χ2v) is 6.46. The molecule has 0 aliphatic heterocycles. The van der Waals surface area contributed by atoms with E-state index in [1.807, 2.05) is 57.2 Å². The molecule has 3 N–H and O–H groups in total. The van der Waals surface area contributed by atoms with Gasteiger partial charge in [0, 0.05) is 0 Å². The summed E-state index contributed by atoms with van der Waals surface area (Å²) in [6.45, 7) is 5.86. The molecule has 0 heterocycles. The number of hydrazone groups is 1. The summed E-state index contributed by atoms with van der Waals surface area (Å²) in [5, 5.41) is 5.31. The van der Waals surface area contributed by atoms with Crippen molar-refractivity contribution in [2.75, 3.05) is 0 Å². The van der Waals surface area contributed by atoms with Gasteiger partial charge in [0.1, 0.15) is 0 Å². The zero-order chi connectivity index (χ0) is 18.4. The van der Waals surface area contributed by atoms with Crippen LogP contribution in [0.25, 0.3) is 6.08 Å². The first-order valence-corrected chi connectivity index (χ1v) is 8.45. The Hall–Kier alpha value is -2.01. The average molecular weight is 412 g/mol. The van der Waals surface area contributed by atoms with Gasteiger partial charge in [-0.1, -0.05) is 53.0 Å². The number of hydrogen-bond acceptors (Lipinski definition) is 2. The van der Waals surface area contributed by atoms with Crippen LogP contribution in [0.2, 0.25) is 10.0 Å². The summed E-state index contributed by atoms with van der Waals surface area (Å²) in [5.41, 5.74) is 13.3. The fraction of sp³-hybridized carbons (Fsp3) is 0.158. The van der Waals surface area contributed by atoms with E-state index in [0.29, 0.717) is 10.0 Å². The smallest absolute Gasteiger partial charge is 0.214 e. The van der Waals surface area contributed by atoms with Gasteiger partial charge in [-0.15, -0.1) is 12.4 Å². The van der Waals surface area contributed by atoms with Crippen molar-refractivity contribution in [2.45, 2.75) is 20.8 Å². The molecule has 0 radical (unpaired) electrons. The van der Waals surface area contributed by atoms with E-state index in [1.54, 1.807) is 12.1 Å². The Morgan fingerprint density at radius 1 is 1.04 bits per heavy atom. The molecule has 0 saturated carbocycles. The van der Waals surface area contributed by atoms with E-state index < -0.39 is 0 Å². The minimum Gasteiger partial charge on any atom is -0.368 e. The van der Waals surface area contributed by atoms with Crippen LogP contribution in [0.15, 0.2) is 58.1 Å². The number of aliphatic imine (C=N–C) groups is 1. The van der Waals surface area contributed by atoms with Crippen LogP contribution in [0.4, 0.5) is 5.69 Å². The quantitative estimate of drug-likeness (QED) is 0.383. The number of nitrogens with zero attached hydrogens (tertiary/aromatic N) is 2. The maximum atomic E-state index is 6.03. The number of hydrogen-bond donors (Lipinski definition) is 2. The highest BCUT2D eigenvalue weighted by Gasteiger charge is 2.01. The van der Waals surface area contributed by atoms with Gasteiger partial charge in [0.25, 0.3) is 0 Å². The molecule has 0 aliphatic rings. The number of nitrogens with two attached hydrogens (primary N) is 1. The lowest BCUT2D eigenvalue weighted by atomic mass is 10.1. The van der Waals surface area contributed by atoms with E-state index in [2.05, 4.69) is 15.5 Å². The summed E-state index contributed by atoms with van der Waals surface area (Å²) < 4.78 is 0. The number of nitrogens with one attached hydrogen (secondary N) is 1. The molecular weight excluding hydrogens is 391 g/mol. The van der Waals surface area contributed by atoms with Crippen molar-refractivity contribution < 1.29 is 0 Å². The second-order valence-electron chi connectivity index (χ2n) is 5.64. The van der Waals surface area contributed by atoms with Gasteiger partial charge in [0.05, 0.1) is 21.4 Å². The third-order valence-electron chi connectivity index (χ3n) is 3.52. The molecule has 4 nitrogen and oxygen atoms in total. The topological polar surface area (TPSA) is 62.8 Å². The molecule has 138 valence electrons. The number of aryl methyl sites for hydroxylation is 1. The fourth-order valence-electron chi connectivity index (χ4n) is 1.97. The van der Waals surface area contributed by atoms with E-state index >= 15 is 0 Å². The Morgan fingerprint density at radius 3 is 2.31 bits per heavy atom. The molecule has 0 saturated heterocycles. The summed E-state index contributed by atoms with van der Waals surface area (Å²) in [5.74, 6) is 0.227. The van der Waals surface area contributed by atoms with Crippen LogP contribution in [-0.2, 0) is 0 Å². The van der Waals surface area contributed by atoms with Crippen LogP contribution in [0.3, 0.4) is 0 Å². The lowest BCUT2D eigenvalue weighted by Gasteiger charge is -2.05. The monoisotopic (exact) mass is 410 g/mol. The first-order chi connectivity index (χ1) is 11.8. The van der Waals surface area contributed by atoms with Crippen molar-refractivity contribution in [3.63, 3.8) is 0 Å². The molecule has 0 aliphatic carbocycles. The van der Waals surface area contributed by atoms with E-state index in [4.69, 9.17) is 28.9 Å². The van der Waals surface area contributed by atoms with Gasteiger partial charge in [-0.2, -0.15) is 5.10 Å². The second kappa shape index (κ2) is 10.2. The van der Waals surface area contributed by atoms with Crippen LogP contribution < -0.4 is 11.2 Å². The molecular formula is C19H21Cl3N4. The molecule has 0 spiro atoms. The highest BCUT2D eigenvalue weighted by atomic mass is 35.5. The highest BCUT2D eigenvalue weighted by Crippen LogP contribution is 2.23. The Bertz CT molecular complexity index is 840. The van der Waals surface area contributed by atoms with Crippen LogP contribution in [0.1, 0.15) is 25.0 Å². The van der Waals surface area contributed by atoms with E-state index in [0.717, 1.165) is 22.5 Å². The van der Waals surface area contributed by atoms with Gasteiger partial charge < -0.3 is 5.73 Å². The third kappa shape index (κ3) is 6.71. The Balaban J connectivity index is 0.00000338. The van der Waals surface area contributed by atoms with Gasteiger partial charge in [0.15, 0.2) is 0 Å². The lowest BCUT2D eigenvalue weighted by Crippen LogP contribution is -2.27. The molecule has 7 heteroatoms. The zero-order valence-corrected chi connectivity index (χ0v) is 17.1. The molecule has 2 aromatic carbocycles. The number of guanidine groups is 1. The maximum absolute atomic E-state index is 6.03. The third-order valence-corrected chi connectivity index (χ3v) is 4.26. The van der Waals surface area contributed by atoms with E-state index in [1.165, 1.54) is 5.56 Å². The van der Waals surface area contributed by atoms with Crippen molar-refractivity contribution in [3.05, 3.63) is 69.2 Å². The predicted octanol–water partition coefficient (Wildman–Crippen LogP) is 5.74. The molecule has 2 aromatic rings. The number of halogens is 3. The minimum absolute atomic E-state index is 0. The van der Waals surface area contributed by atoms with E-state index in [9.17, 15) is 0 Å². The maximum Gasteiger partial charge on any atom is 0.214 e. The van der Waals surface area contributed by atoms with Crippen molar-refractivity contribution in [1.82, 2.24) is 5.43 Å². The van der Waals surface area contributed by atoms with Crippen molar-refractivity contribution in [3.8, 4) is 0 Å². The summed E-state index contributed by atoms with van der Waals surface area (Å²) in [6.07, 6.45) is 1.97. The average Bonchev–Trinajstić information content (AvgIpc) is 2.58. The van der Waals surface area contributed by atoms with Gasteiger partial charge >= 0.3 is 0 Å². The molecule has 0 fully saturated rings. The molecule has 0 bridgehead atoms. The van der Waals surface area contributed by atoms with Gasteiger partial charge in [-0.05, 0) is 56.2 Å². The first-order valence-electron chi connectivity index (χ1n) is 7.70. The van der Waals surface area contributed by atoms with Gasteiger partial charge in [0.2, 0.25) is 5.96 Å². The predicted molar refractivity (Wildman–Crippen MR) is 116 cm³/mol. The van der Waals surface area contributed by atoms with Crippen molar-refractivity contribution in [2.24, 2.45) is 15.8 Å². The fourth-order valence-corrected chi connectivity index (χ4v) is 2.28. The number of allylic oxidation sites excluding steroid dienone is 1. The molecule has 0 atom stereocenters. The summed E-state index contributed by atoms with van der Waals surface area (Å²) in [7, 11) is 0. The zero-order valence-electron chi connectivity index (χ0n) is 14.8. The van der Waals surface area contributed by atoms with Crippen LogP contribution >= 0.6 is 35.6 Å². The number of rotatable bonds is 4. The highest BCUT2D eigenvalue weighted by molar-refractivity contribution is 6.42. The standard InChI is InChI=1S/C19H20Cl2N4.ClH/c1-12-4-7-16(8-5-12)23-19(22)25-24-14(3)13(2)10-15-6-9-17(20)18(21)11-15;/h4-11H,1-3H3,(H3,22,23,25);1H/b13-10+,24-14+;. The van der Waals surface area contributed by atoms with Crippen LogP contribution in [0.5, 0.6) is 0 Å². The van der Waals surface area contributed by atoms with Crippen LogP contribution in [0, 0.1) is 6.92 Å². The molecule has 0 aromatic heterocycles. The number of benzene rings is 2. The molecule has 0 amide bonds. The van der Waals surface area contributed by atoms with Crippen molar-refractivity contribution >= 4 is 59.0 Å². The Labute approximate surface area is 170 Å². The molecule has 26 heavy (non-hydrogen) atoms. The summed E-state index contributed by atoms with van der Waals surface area (Å²) in [4.78, 5) is 4.26.